The van der Waals surface area contributed by atoms with E-state index in [1.54, 1.807) is 48.8 Å². The molecule has 0 unspecified atom stereocenters. The molecule has 8 heteroatoms. The molecule has 1 amide bonds. The van der Waals surface area contributed by atoms with Crippen molar-refractivity contribution in [1.29, 1.82) is 0 Å². The minimum atomic E-state index is -0.323. The molecule has 0 atom stereocenters. The van der Waals surface area contributed by atoms with Crippen LogP contribution < -0.4 is 10.9 Å². The third-order valence-electron chi connectivity index (χ3n) is 3.48. The fourth-order valence-electron chi connectivity index (χ4n) is 2.25. The lowest BCUT2D eigenvalue weighted by atomic mass is 10.2. The third-order valence-corrected chi connectivity index (χ3v) is 4.79. The minimum absolute atomic E-state index is 0.0723. The summed E-state index contributed by atoms with van der Waals surface area (Å²) in [4.78, 5) is 28.5. The molecule has 0 saturated carbocycles. The monoisotopic (exact) mass is 393 g/mol. The van der Waals surface area contributed by atoms with Gasteiger partial charge in [-0.05, 0) is 31.2 Å². The zero-order valence-corrected chi connectivity index (χ0v) is 15.5. The van der Waals surface area contributed by atoms with Gasteiger partial charge in [-0.1, -0.05) is 29.3 Å². The number of nitrogens with zero attached hydrogens (tertiary/aromatic N) is 2. The van der Waals surface area contributed by atoms with Crippen LogP contribution in [0.5, 0.6) is 0 Å². The Morgan fingerprint density at radius 2 is 2.12 bits per heavy atom. The number of carbonyl (C=O) groups excluding carboxylic acids is 1. The molecule has 128 valence electrons. The molecule has 1 N–H and O–H groups in total. The average Bonchev–Trinajstić information content (AvgIpc) is 3.00. The summed E-state index contributed by atoms with van der Waals surface area (Å²) in [6, 6.07) is 8.58. The van der Waals surface area contributed by atoms with Crippen molar-refractivity contribution in [3.8, 4) is 11.3 Å². The SMILES string of the molecule is Cc1cccn(CC(=O)Nc2nc(-c3ccc(Cl)cc3Cl)cs2)c1=O. The highest BCUT2D eigenvalue weighted by Gasteiger charge is 2.12. The molecule has 3 aromatic rings. The summed E-state index contributed by atoms with van der Waals surface area (Å²) in [5.74, 6) is -0.323. The first kappa shape index (κ1) is 17.7. The molecule has 1 aromatic carbocycles. The van der Waals surface area contributed by atoms with Gasteiger partial charge in [0.15, 0.2) is 5.13 Å². The van der Waals surface area contributed by atoms with Gasteiger partial charge in [0, 0.05) is 27.7 Å². The molecular formula is C17H13Cl2N3O2S. The quantitative estimate of drug-likeness (QED) is 0.721. The number of carbonyl (C=O) groups is 1. The second-order valence-electron chi connectivity index (χ2n) is 5.33. The van der Waals surface area contributed by atoms with Gasteiger partial charge in [-0.25, -0.2) is 4.98 Å². The van der Waals surface area contributed by atoms with Crippen molar-refractivity contribution in [2.75, 3.05) is 5.32 Å². The molecule has 0 aliphatic heterocycles. The van der Waals surface area contributed by atoms with Crippen LogP contribution in [-0.2, 0) is 11.3 Å². The summed E-state index contributed by atoms with van der Waals surface area (Å²) in [5.41, 5.74) is 1.78. The van der Waals surface area contributed by atoms with Gasteiger partial charge >= 0.3 is 0 Å². The van der Waals surface area contributed by atoms with Crippen LogP contribution in [0.4, 0.5) is 5.13 Å². The van der Waals surface area contributed by atoms with E-state index < -0.39 is 0 Å². The van der Waals surface area contributed by atoms with Crippen molar-refractivity contribution < 1.29 is 4.79 Å². The number of pyridine rings is 1. The smallest absolute Gasteiger partial charge is 0.253 e. The number of amides is 1. The van der Waals surface area contributed by atoms with E-state index in [9.17, 15) is 9.59 Å². The molecule has 2 heterocycles. The van der Waals surface area contributed by atoms with Crippen molar-refractivity contribution >= 4 is 45.6 Å². The molecular weight excluding hydrogens is 381 g/mol. The zero-order valence-electron chi connectivity index (χ0n) is 13.1. The number of thiazole rings is 1. The van der Waals surface area contributed by atoms with Gasteiger partial charge in [-0.2, -0.15) is 0 Å². The van der Waals surface area contributed by atoms with E-state index >= 15 is 0 Å². The number of hydrogen-bond acceptors (Lipinski definition) is 4. The van der Waals surface area contributed by atoms with Gasteiger partial charge in [0.05, 0.1) is 10.7 Å². The summed E-state index contributed by atoms with van der Waals surface area (Å²) in [6.45, 7) is 1.64. The molecule has 0 radical (unpaired) electrons. The van der Waals surface area contributed by atoms with Crippen molar-refractivity contribution in [1.82, 2.24) is 9.55 Å². The van der Waals surface area contributed by atoms with E-state index in [0.29, 0.717) is 26.4 Å². The van der Waals surface area contributed by atoms with Gasteiger partial charge in [0.25, 0.3) is 5.56 Å². The lowest BCUT2D eigenvalue weighted by Crippen LogP contribution is -2.28. The molecule has 0 aliphatic rings. The van der Waals surface area contributed by atoms with Crippen LogP contribution in [0.15, 0.2) is 46.7 Å². The second-order valence-corrected chi connectivity index (χ2v) is 7.04. The van der Waals surface area contributed by atoms with Crippen LogP contribution in [0, 0.1) is 6.92 Å². The molecule has 3 rings (SSSR count). The summed E-state index contributed by atoms with van der Waals surface area (Å²) in [7, 11) is 0. The first-order valence-electron chi connectivity index (χ1n) is 7.31. The lowest BCUT2D eigenvalue weighted by Gasteiger charge is -2.06. The van der Waals surface area contributed by atoms with Crippen LogP contribution >= 0.6 is 34.5 Å². The fourth-order valence-corrected chi connectivity index (χ4v) is 3.48. The summed E-state index contributed by atoms with van der Waals surface area (Å²) >= 11 is 13.3. The number of nitrogens with one attached hydrogen (secondary N) is 1. The Labute approximate surface area is 157 Å². The number of hydrogen-bond donors (Lipinski definition) is 1. The van der Waals surface area contributed by atoms with Crippen LogP contribution in [0.2, 0.25) is 10.0 Å². The van der Waals surface area contributed by atoms with E-state index in [4.69, 9.17) is 23.2 Å². The van der Waals surface area contributed by atoms with E-state index in [2.05, 4.69) is 10.3 Å². The molecule has 0 bridgehead atoms. The Balaban J connectivity index is 1.74. The molecule has 0 spiro atoms. The highest BCUT2D eigenvalue weighted by atomic mass is 35.5. The average molecular weight is 394 g/mol. The van der Waals surface area contributed by atoms with E-state index in [1.807, 2.05) is 0 Å². The Hall–Kier alpha value is -2.15. The summed E-state index contributed by atoms with van der Waals surface area (Å²) in [6.07, 6.45) is 1.58. The predicted molar refractivity (Wildman–Crippen MR) is 102 cm³/mol. The number of aromatic nitrogens is 2. The summed E-state index contributed by atoms with van der Waals surface area (Å²) < 4.78 is 1.36. The van der Waals surface area contributed by atoms with Gasteiger partial charge in [-0.15, -0.1) is 11.3 Å². The van der Waals surface area contributed by atoms with E-state index in [1.165, 1.54) is 15.9 Å². The Kier molecular flexibility index (Phi) is 5.22. The van der Waals surface area contributed by atoms with Crippen molar-refractivity contribution in [2.45, 2.75) is 13.5 Å². The zero-order chi connectivity index (χ0) is 18.0. The second kappa shape index (κ2) is 7.39. The number of halogens is 2. The number of rotatable bonds is 4. The van der Waals surface area contributed by atoms with Gasteiger partial charge in [0.1, 0.15) is 6.54 Å². The molecule has 25 heavy (non-hydrogen) atoms. The van der Waals surface area contributed by atoms with Crippen molar-refractivity contribution in [3.63, 3.8) is 0 Å². The van der Waals surface area contributed by atoms with Crippen LogP contribution in [-0.4, -0.2) is 15.5 Å². The Morgan fingerprint density at radius 3 is 2.88 bits per heavy atom. The standard InChI is InChI=1S/C17H13Cl2N3O2S/c1-10-3-2-6-22(16(10)24)8-15(23)21-17-20-14(9-25-17)12-5-4-11(18)7-13(12)19/h2-7,9H,8H2,1H3,(H,20,21,23). The van der Waals surface area contributed by atoms with E-state index in [0.717, 1.165) is 5.56 Å². The molecule has 0 aliphatic carbocycles. The minimum Gasteiger partial charge on any atom is -0.306 e. The lowest BCUT2D eigenvalue weighted by molar-refractivity contribution is -0.116. The van der Waals surface area contributed by atoms with Crippen molar-refractivity contribution in [3.05, 3.63) is 67.9 Å². The van der Waals surface area contributed by atoms with Crippen LogP contribution in [0.25, 0.3) is 11.3 Å². The highest BCUT2D eigenvalue weighted by molar-refractivity contribution is 7.14. The highest BCUT2D eigenvalue weighted by Crippen LogP contribution is 2.32. The number of anilines is 1. The van der Waals surface area contributed by atoms with Gasteiger partial charge < -0.3 is 9.88 Å². The topological polar surface area (TPSA) is 64.0 Å². The first-order chi connectivity index (χ1) is 11.9. The molecule has 2 aromatic heterocycles. The Bertz CT molecular complexity index is 998. The van der Waals surface area contributed by atoms with Crippen LogP contribution in [0.1, 0.15) is 5.56 Å². The Morgan fingerprint density at radius 1 is 1.32 bits per heavy atom. The fraction of sp³-hybridized carbons (Fsp3) is 0.118. The number of aryl methyl sites for hydroxylation is 1. The first-order valence-corrected chi connectivity index (χ1v) is 8.94. The van der Waals surface area contributed by atoms with E-state index in [-0.39, 0.29) is 18.0 Å². The van der Waals surface area contributed by atoms with Crippen molar-refractivity contribution in [2.24, 2.45) is 0 Å². The third kappa shape index (κ3) is 4.10. The maximum absolute atomic E-state index is 12.2. The molecule has 5 nitrogen and oxygen atoms in total. The van der Waals surface area contributed by atoms with Gasteiger partial charge in [0.2, 0.25) is 5.91 Å². The molecule has 0 fully saturated rings. The summed E-state index contributed by atoms with van der Waals surface area (Å²) in [5, 5.41) is 5.96. The van der Waals surface area contributed by atoms with Crippen LogP contribution in [0.3, 0.4) is 0 Å². The maximum Gasteiger partial charge on any atom is 0.253 e. The normalized spacial score (nSPS) is 10.7. The predicted octanol–water partition coefficient (Wildman–Crippen LogP) is 4.23. The molecule has 0 saturated heterocycles. The largest absolute Gasteiger partial charge is 0.306 e. The maximum atomic E-state index is 12.2. The number of benzene rings is 1. The van der Waals surface area contributed by atoms with Gasteiger partial charge in [-0.3, -0.25) is 9.59 Å².